The number of aliphatic hydroxyl groups excluding tert-OH is 1. The first kappa shape index (κ1) is 59.0. The maximum absolute atomic E-state index is 18.1. The molecule has 4 saturated heterocycles. The zero-order valence-corrected chi connectivity index (χ0v) is 51.2. The van der Waals surface area contributed by atoms with Crippen LogP contribution in [0.25, 0.3) is 65.9 Å². The summed E-state index contributed by atoms with van der Waals surface area (Å²) in [5, 5.41) is 47.7. The number of β-amino-alcohol motifs (C(OH)–C–C–N with tert-alkyl or cyclic N) is 1. The minimum atomic E-state index is -1.25. The number of nitrogens with zero attached hydrogens (tertiary/aromatic N) is 10. The summed E-state index contributed by atoms with van der Waals surface area (Å²) in [6.07, 6.45) is 11.4. The molecule has 0 amide bonds. The van der Waals surface area contributed by atoms with Crippen LogP contribution in [0, 0.1) is 45.9 Å². The first-order valence-electron chi connectivity index (χ1n) is 32.3. The van der Waals surface area contributed by atoms with Crippen molar-refractivity contribution in [3.63, 3.8) is 0 Å². The highest BCUT2D eigenvalue weighted by Crippen LogP contribution is 2.62. The molecule has 0 radical (unpaired) electrons. The average molecular weight is 1230 g/mol. The van der Waals surface area contributed by atoms with Crippen LogP contribution >= 0.6 is 0 Å². The first-order valence-corrected chi connectivity index (χ1v) is 32.3. The van der Waals surface area contributed by atoms with Crippen molar-refractivity contribution < 1.29 is 52.2 Å². The van der Waals surface area contributed by atoms with Crippen LogP contribution in [0.1, 0.15) is 101 Å². The number of aromatic nitrogens is 6. The molecule has 15 rings (SSSR count). The summed E-state index contributed by atoms with van der Waals surface area (Å²) in [5.74, 6) is -2.36. The highest BCUT2D eigenvalue weighted by molar-refractivity contribution is 6.04. The third-order valence-electron chi connectivity index (χ3n) is 20.7. The van der Waals surface area contributed by atoms with E-state index in [1.165, 1.54) is 49.5 Å². The van der Waals surface area contributed by atoms with E-state index in [2.05, 4.69) is 19.7 Å². The molecule has 8 heterocycles. The molecule has 4 aromatic carbocycles. The molecular weight excluding hydrogens is 1160 g/mol. The van der Waals surface area contributed by atoms with Crippen LogP contribution in [0.4, 0.5) is 29.2 Å². The number of piperidine rings is 1. The monoisotopic (exact) mass is 1230 g/mol. The Bertz CT molecular complexity index is 4160. The quantitative estimate of drug-likeness (QED) is 0.0627. The van der Waals surface area contributed by atoms with E-state index in [9.17, 15) is 20.4 Å². The van der Waals surface area contributed by atoms with Crippen molar-refractivity contribution in [2.75, 3.05) is 102 Å². The van der Waals surface area contributed by atoms with Crippen molar-refractivity contribution in [1.29, 1.82) is 0 Å². The Hall–Kier alpha value is -7.30. The fraction of sp³-hybridized carbons (Fsp3) is 0.507. The SMILES string of the molecule is CCc1c(F)ccc2cc(O)cc(-c3ncc4c(N5C[C@@H]6C[C@H](C5)[C@H](O)C6)nc(OCC5(CN6CCCC6)CC5c5cc(F)c(CC)c6c(-c7ncc8c(N9CCOC[C@@](C)(O)C9)nc(OCC9(CN%10CCCC%10)CC9)nc8c7F)cc(O)cc56)nc4c3F)c12. The number of hydrogen-bond acceptors (Lipinski definition) is 17. The van der Waals surface area contributed by atoms with Crippen LogP contribution in [-0.4, -0.2) is 164 Å². The summed E-state index contributed by atoms with van der Waals surface area (Å²) in [4.78, 5) is 37.7. The number of ether oxygens (including phenoxy) is 3. The lowest BCUT2D eigenvalue weighted by Gasteiger charge is -2.33. The maximum Gasteiger partial charge on any atom is 0.319 e. The van der Waals surface area contributed by atoms with Gasteiger partial charge in [-0.15, -0.1) is 0 Å². The number of fused-ring (bicyclic) bond motifs is 6. The fourth-order valence-electron chi connectivity index (χ4n) is 16.0. The number of hydrogen-bond donors (Lipinski definition) is 4. The first-order chi connectivity index (χ1) is 43.5. The largest absolute Gasteiger partial charge is 0.508 e. The van der Waals surface area contributed by atoms with Crippen LogP contribution in [0.5, 0.6) is 23.5 Å². The molecule has 4 aromatic heterocycles. The highest BCUT2D eigenvalue weighted by Gasteiger charge is 2.57. The topological polar surface area (TPSA) is 199 Å². The third kappa shape index (κ3) is 10.7. The van der Waals surface area contributed by atoms with Gasteiger partial charge in [-0.3, -0.25) is 9.97 Å². The predicted molar refractivity (Wildman–Crippen MR) is 334 cm³/mol. The van der Waals surface area contributed by atoms with Gasteiger partial charge in [-0.1, -0.05) is 19.9 Å². The number of halogens is 4. The molecule has 2 unspecified atom stereocenters. The van der Waals surface area contributed by atoms with Crippen LogP contribution in [0.3, 0.4) is 0 Å². The molecule has 6 atom stereocenters. The zero-order valence-electron chi connectivity index (χ0n) is 51.2. The summed E-state index contributed by atoms with van der Waals surface area (Å²) in [6, 6.07) is 10.3. The number of anilines is 2. The van der Waals surface area contributed by atoms with Gasteiger partial charge in [0, 0.05) is 73.0 Å². The molecule has 0 spiro atoms. The molecule has 90 heavy (non-hydrogen) atoms. The maximum atomic E-state index is 18.1. The van der Waals surface area contributed by atoms with Crippen LogP contribution < -0.4 is 19.3 Å². The van der Waals surface area contributed by atoms with Crippen molar-refractivity contribution in [1.82, 2.24) is 39.7 Å². The van der Waals surface area contributed by atoms with Crippen molar-refractivity contribution in [3.05, 3.63) is 94.8 Å². The molecule has 4 aliphatic heterocycles. The number of phenolic OH excluding ortho intramolecular Hbond substituents is 2. The molecule has 21 heteroatoms. The summed E-state index contributed by atoms with van der Waals surface area (Å²) in [5.41, 5.74) is -0.761. The minimum Gasteiger partial charge on any atom is -0.508 e. The summed E-state index contributed by atoms with van der Waals surface area (Å²) in [6.45, 7) is 12.8. The van der Waals surface area contributed by atoms with Crippen LogP contribution in [0.15, 0.2) is 54.9 Å². The number of rotatable bonds is 17. The smallest absolute Gasteiger partial charge is 0.319 e. The molecule has 3 aliphatic carbocycles. The second-order valence-electron chi connectivity index (χ2n) is 27.4. The van der Waals surface area contributed by atoms with Gasteiger partial charge in [0.05, 0.1) is 49.8 Å². The Morgan fingerprint density at radius 1 is 0.667 bits per heavy atom. The lowest BCUT2D eigenvalue weighted by molar-refractivity contribution is -0.0123. The van der Waals surface area contributed by atoms with E-state index in [0.717, 1.165) is 64.8 Å². The number of likely N-dealkylation sites (tertiary alicyclic amines) is 2. The van der Waals surface area contributed by atoms with Gasteiger partial charge in [0.1, 0.15) is 62.8 Å². The molecule has 17 nitrogen and oxygen atoms in total. The Morgan fingerprint density at radius 3 is 1.92 bits per heavy atom. The third-order valence-corrected chi connectivity index (χ3v) is 20.7. The molecule has 4 N–H and O–H groups in total. The molecular formula is C69H76F4N10O7. The Morgan fingerprint density at radius 2 is 1.28 bits per heavy atom. The van der Waals surface area contributed by atoms with Crippen LogP contribution in [-0.2, 0) is 17.6 Å². The summed E-state index contributed by atoms with van der Waals surface area (Å²) in [7, 11) is 0. The molecule has 7 fully saturated rings. The van der Waals surface area contributed by atoms with E-state index in [1.54, 1.807) is 25.1 Å². The van der Waals surface area contributed by atoms with Crippen molar-refractivity contribution in [2.24, 2.45) is 22.7 Å². The number of aromatic hydroxyl groups is 2. The van der Waals surface area contributed by atoms with Crippen molar-refractivity contribution >= 4 is 55.0 Å². The van der Waals surface area contributed by atoms with Crippen molar-refractivity contribution in [2.45, 2.75) is 109 Å². The molecule has 7 aliphatic rings. The van der Waals surface area contributed by atoms with Gasteiger partial charge in [0.15, 0.2) is 11.6 Å². The van der Waals surface area contributed by atoms with E-state index in [0.29, 0.717) is 107 Å². The van der Waals surface area contributed by atoms with E-state index in [1.807, 2.05) is 18.7 Å². The normalized spacial score (nSPS) is 25.1. The number of aliphatic hydroxyl groups is 2. The number of phenols is 2. The molecule has 8 aromatic rings. The average Bonchev–Trinajstić information content (AvgIpc) is 1.52. The Balaban J connectivity index is 0.819. The zero-order chi connectivity index (χ0) is 62.0. The van der Waals surface area contributed by atoms with Gasteiger partial charge in [-0.05, 0) is 190 Å². The second kappa shape index (κ2) is 22.8. The van der Waals surface area contributed by atoms with E-state index >= 15 is 17.6 Å². The van der Waals surface area contributed by atoms with Gasteiger partial charge in [-0.2, -0.15) is 19.9 Å². The van der Waals surface area contributed by atoms with E-state index < -0.39 is 40.4 Å². The molecule has 3 saturated carbocycles. The van der Waals surface area contributed by atoms with E-state index in [-0.39, 0.29) is 118 Å². The number of pyridine rings is 2. The van der Waals surface area contributed by atoms with Gasteiger partial charge in [-0.25, -0.2) is 17.6 Å². The second-order valence-corrected chi connectivity index (χ2v) is 27.4. The van der Waals surface area contributed by atoms with Gasteiger partial charge in [0.2, 0.25) is 0 Å². The summed E-state index contributed by atoms with van der Waals surface area (Å²) < 4.78 is 87.9. The van der Waals surface area contributed by atoms with Gasteiger partial charge in [0.25, 0.3) is 0 Å². The predicted octanol–water partition coefficient (Wildman–Crippen LogP) is 10.8. The lowest BCUT2D eigenvalue weighted by Crippen LogP contribution is -2.42. The molecule has 472 valence electrons. The number of benzene rings is 4. The standard InChI is InChI=1S/C69H76F4N10O7/c1-4-43-52(70)11-10-39-22-41(84)24-47(55(39)43)59-57(72)62-50(29-74-59)64(83-30-38-20-40(31-83)54(86)21-38)79-66(77-62)90-37-69(34-81-16-8-9-17-81)27-51(69)45-26-53(71)44(5-2)56-46(45)23-42(85)25-48(56)60-58(73)61-49(28-75-60)63(82-18-19-88-35-67(3,87)32-82)78-65(76-61)89-36-68(12-13-68)33-80-14-6-7-15-80/h10-11,22-26,28-29,38,40,51,54,84-87H,4-9,12-21,27,30-37H2,1-3H3/t38-,40-,51?,54-,67+,69?/m1/s1. The Kier molecular flexibility index (Phi) is 15.0. The fourth-order valence-corrected chi connectivity index (χ4v) is 16.0. The van der Waals surface area contributed by atoms with E-state index in [4.69, 9.17) is 39.1 Å². The molecule has 2 bridgehead atoms. The minimum absolute atomic E-state index is 0.0134. The van der Waals surface area contributed by atoms with Crippen molar-refractivity contribution in [3.8, 4) is 46.0 Å². The van der Waals surface area contributed by atoms with Crippen LogP contribution in [0.2, 0.25) is 0 Å². The van der Waals surface area contributed by atoms with Gasteiger partial charge >= 0.3 is 12.0 Å². The summed E-state index contributed by atoms with van der Waals surface area (Å²) >= 11 is 0. The Labute approximate surface area is 519 Å². The highest BCUT2D eigenvalue weighted by atomic mass is 19.1. The van der Waals surface area contributed by atoms with Gasteiger partial charge < -0.3 is 54.2 Å². The number of aryl methyl sites for hydroxylation is 2. The lowest BCUT2D eigenvalue weighted by atomic mass is 9.88.